The molecule has 0 heterocycles. The number of nitriles is 1. The third kappa shape index (κ3) is 2.56. The lowest BCUT2D eigenvalue weighted by Gasteiger charge is -2.10. The van der Waals surface area contributed by atoms with Crippen molar-refractivity contribution in [3.63, 3.8) is 0 Å². The Morgan fingerprint density at radius 2 is 1.82 bits per heavy atom. The van der Waals surface area contributed by atoms with E-state index in [0.717, 1.165) is 5.69 Å². The third-order valence-corrected chi connectivity index (χ3v) is 2.55. The Hall–Kier alpha value is -2.47. The van der Waals surface area contributed by atoms with E-state index in [-0.39, 0.29) is 0 Å². The van der Waals surface area contributed by atoms with Gasteiger partial charge in [-0.1, -0.05) is 36.4 Å². The summed E-state index contributed by atoms with van der Waals surface area (Å²) in [6, 6.07) is 17.5. The Balaban J connectivity index is 2.13. The molecular formula is C14H13N3. The number of hydrogen-bond acceptors (Lipinski definition) is 3. The monoisotopic (exact) mass is 223 g/mol. The summed E-state index contributed by atoms with van der Waals surface area (Å²) in [6.45, 7) is 0.694. The SMILES string of the molecule is N#Cc1cccc(NCc2ccccc2)c1N. The maximum Gasteiger partial charge on any atom is 0.101 e. The van der Waals surface area contributed by atoms with Gasteiger partial charge in [0.25, 0.3) is 0 Å². The van der Waals surface area contributed by atoms with Crippen molar-refractivity contribution in [3.8, 4) is 6.07 Å². The molecule has 0 spiro atoms. The summed E-state index contributed by atoms with van der Waals surface area (Å²) >= 11 is 0. The van der Waals surface area contributed by atoms with Gasteiger partial charge < -0.3 is 11.1 Å². The minimum Gasteiger partial charge on any atom is -0.396 e. The molecule has 0 radical (unpaired) electrons. The maximum absolute atomic E-state index is 8.87. The first-order chi connectivity index (χ1) is 8.31. The van der Waals surface area contributed by atoms with Crippen LogP contribution < -0.4 is 11.1 Å². The molecule has 17 heavy (non-hydrogen) atoms. The molecule has 84 valence electrons. The van der Waals surface area contributed by atoms with Crippen molar-refractivity contribution in [2.24, 2.45) is 0 Å². The topological polar surface area (TPSA) is 61.8 Å². The van der Waals surface area contributed by atoms with Crippen LogP contribution in [0, 0.1) is 11.3 Å². The van der Waals surface area contributed by atoms with Crippen molar-refractivity contribution < 1.29 is 0 Å². The van der Waals surface area contributed by atoms with Gasteiger partial charge in [0.2, 0.25) is 0 Å². The quantitative estimate of drug-likeness (QED) is 0.786. The molecule has 0 aliphatic rings. The molecular weight excluding hydrogens is 210 g/mol. The number of hydrogen-bond donors (Lipinski definition) is 2. The molecule has 0 saturated heterocycles. The number of benzene rings is 2. The zero-order valence-corrected chi connectivity index (χ0v) is 9.35. The van der Waals surface area contributed by atoms with Crippen LogP contribution in [0.4, 0.5) is 11.4 Å². The van der Waals surface area contributed by atoms with E-state index in [9.17, 15) is 0 Å². The number of nitrogen functional groups attached to an aromatic ring is 1. The molecule has 3 N–H and O–H groups in total. The molecule has 2 rings (SSSR count). The van der Waals surface area contributed by atoms with Crippen LogP contribution in [0.5, 0.6) is 0 Å². The fraction of sp³-hybridized carbons (Fsp3) is 0.0714. The number of rotatable bonds is 3. The average Bonchev–Trinajstić information content (AvgIpc) is 2.39. The zero-order valence-electron chi connectivity index (χ0n) is 9.35. The average molecular weight is 223 g/mol. The van der Waals surface area contributed by atoms with Crippen molar-refractivity contribution >= 4 is 11.4 Å². The van der Waals surface area contributed by atoms with Crippen molar-refractivity contribution in [1.29, 1.82) is 5.26 Å². The second-order valence-corrected chi connectivity index (χ2v) is 3.72. The van der Waals surface area contributed by atoms with E-state index >= 15 is 0 Å². The van der Waals surface area contributed by atoms with E-state index in [2.05, 4.69) is 11.4 Å². The molecule has 0 fully saturated rings. The summed E-state index contributed by atoms with van der Waals surface area (Å²) in [6.07, 6.45) is 0. The van der Waals surface area contributed by atoms with Gasteiger partial charge in [-0.15, -0.1) is 0 Å². The van der Waals surface area contributed by atoms with Gasteiger partial charge in [-0.05, 0) is 17.7 Å². The van der Waals surface area contributed by atoms with Gasteiger partial charge in [-0.2, -0.15) is 5.26 Å². The van der Waals surface area contributed by atoms with Gasteiger partial charge in [-0.3, -0.25) is 0 Å². The Kier molecular flexibility index (Phi) is 3.27. The Bertz CT molecular complexity index is 541. The fourth-order valence-corrected chi connectivity index (χ4v) is 1.61. The highest BCUT2D eigenvalue weighted by Gasteiger charge is 2.03. The maximum atomic E-state index is 8.87. The summed E-state index contributed by atoms with van der Waals surface area (Å²) < 4.78 is 0. The van der Waals surface area contributed by atoms with Crippen LogP contribution in [0.2, 0.25) is 0 Å². The lowest BCUT2D eigenvalue weighted by Crippen LogP contribution is -2.03. The summed E-state index contributed by atoms with van der Waals surface area (Å²) in [5, 5.41) is 12.1. The van der Waals surface area contributed by atoms with E-state index in [1.807, 2.05) is 42.5 Å². The predicted molar refractivity (Wildman–Crippen MR) is 69.3 cm³/mol. The molecule has 0 unspecified atom stereocenters. The number of nitrogens with one attached hydrogen (secondary N) is 1. The standard InChI is InChI=1S/C14H13N3/c15-9-12-7-4-8-13(14(12)16)17-10-11-5-2-1-3-6-11/h1-8,17H,10,16H2. The van der Waals surface area contributed by atoms with E-state index in [1.54, 1.807) is 6.07 Å². The van der Waals surface area contributed by atoms with E-state index in [1.165, 1.54) is 5.56 Å². The Labute approximate surface area is 101 Å². The van der Waals surface area contributed by atoms with Gasteiger partial charge in [-0.25, -0.2) is 0 Å². The smallest absolute Gasteiger partial charge is 0.101 e. The van der Waals surface area contributed by atoms with Crippen LogP contribution in [0.3, 0.4) is 0 Å². The zero-order chi connectivity index (χ0) is 12.1. The molecule has 2 aromatic rings. The minimum atomic E-state index is 0.503. The summed E-state index contributed by atoms with van der Waals surface area (Å²) in [5.74, 6) is 0. The van der Waals surface area contributed by atoms with Crippen LogP contribution in [-0.4, -0.2) is 0 Å². The summed E-state index contributed by atoms with van der Waals surface area (Å²) in [5.41, 5.74) is 8.86. The molecule has 2 aromatic carbocycles. The second kappa shape index (κ2) is 5.04. The lowest BCUT2D eigenvalue weighted by atomic mass is 10.1. The van der Waals surface area contributed by atoms with Gasteiger partial charge in [0, 0.05) is 6.54 Å². The van der Waals surface area contributed by atoms with Gasteiger partial charge >= 0.3 is 0 Å². The van der Waals surface area contributed by atoms with E-state index in [4.69, 9.17) is 11.0 Å². The van der Waals surface area contributed by atoms with Crippen molar-refractivity contribution in [3.05, 3.63) is 59.7 Å². The van der Waals surface area contributed by atoms with Crippen molar-refractivity contribution in [1.82, 2.24) is 0 Å². The minimum absolute atomic E-state index is 0.503. The van der Waals surface area contributed by atoms with Crippen LogP contribution >= 0.6 is 0 Å². The molecule has 3 heteroatoms. The highest BCUT2D eigenvalue weighted by atomic mass is 14.9. The summed E-state index contributed by atoms with van der Waals surface area (Å²) in [4.78, 5) is 0. The van der Waals surface area contributed by atoms with Crippen molar-refractivity contribution in [2.45, 2.75) is 6.54 Å². The predicted octanol–water partition coefficient (Wildman–Crippen LogP) is 2.75. The first-order valence-corrected chi connectivity index (χ1v) is 5.37. The molecule has 0 bridgehead atoms. The molecule has 0 aromatic heterocycles. The Morgan fingerprint density at radius 3 is 2.53 bits per heavy atom. The highest BCUT2D eigenvalue weighted by Crippen LogP contribution is 2.22. The third-order valence-electron chi connectivity index (χ3n) is 2.55. The number of para-hydroxylation sites is 1. The molecule has 0 amide bonds. The summed E-state index contributed by atoms with van der Waals surface area (Å²) in [7, 11) is 0. The van der Waals surface area contributed by atoms with Crippen molar-refractivity contribution in [2.75, 3.05) is 11.1 Å². The van der Waals surface area contributed by atoms with E-state index in [0.29, 0.717) is 17.8 Å². The fourth-order valence-electron chi connectivity index (χ4n) is 1.61. The number of nitrogens with two attached hydrogens (primary N) is 1. The molecule has 0 aliphatic heterocycles. The van der Waals surface area contributed by atoms with Crippen LogP contribution in [0.1, 0.15) is 11.1 Å². The molecule has 0 atom stereocenters. The molecule has 0 saturated carbocycles. The number of nitrogens with zero attached hydrogens (tertiary/aromatic N) is 1. The first kappa shape index (κ1) is 11.0. The van der Waals surface area contributed by atoms with Crippen LogP contribution in [-0.2, 0) is 6.54 Å². The highest BCUT2D eigenvalue weighted by molar-refractivity contribution is 5.72. The van der Waals surface area contributed by atoms with E-state index < -0.39 is 0 Å². The first-order valence-electron chi connectivity index (χ1n) is 5.37. The van der Waals surface area contributed by atoms with Crippen LogP contribution in [0.25, 0.3) is 0 Å². The largest absolute Gasteiger partial charge is 0.396 e. The number of anilines is 2. The van der Waals surface area contributed by atoms with Gasteiger partial charge in [0.05, 0.1) is 16.9 Å². The second-order valence-electron chi connectivity index (χ2n) is 3.72. The molecule has 3 nitrogen and oxygen atoms in total. The lowest BCUT2D eigenvalue weighted by molar-refractivity contribution is 1.15. The molecule has 0 aliphatic carbocycles. The normalized spacial score (nSPS) is 9.59. The van der Waals surface area contributed by atoms with Crippen LogP contribution in [0.15, 0.2) is 48.5 Å². The Morgan fingerprint density at radius 1 is 1.06 bits per heavy atom. The van der Waals surface area contributed by atoms with Gasteiger partial charge in [0.15, 0.2) is 0 Å². The van der Waals surface area contributed by atoms with Gasteiger partial charge in [0.1, 0.15) is 6.07 Å².